The van der Waals surface area contributed by atoms with E-state index in [1.54, 1.807) is 6.92 Å². The molecule has 0 bridgehead atoms. The topological polar surface area (TPSA) is 52.6 Å². The number of carbonyl (C=O) groups excluding carboxylic acids is 2. The van der Waals surface area contributed by atoms with Crippen molar-refractivity contribution in [2.45, 2.75) is 33.3 Å². The van der Waals surface area contributed by atoms with Crippen LogP contribution in [0.25, 0.3) is 0 Å². The summed E-state index contributed by atoms with van der Waals surface area (Å²) in [4.78, 5) is 20.4. The molecule has 0 amide bonds. The minimum Gasteiger partial charge on any atom is -0.466 e. The van der Waals surface area contributed by atoms with E-state index in [0.717, 1.165) is 0 Å². The van der Waals surface area contributed by atoms with E-state index < -0.39 is 0 Å². The van der Waals surface area contributed by atoms with Crippen molar-refractivity contribution in [2.24, 2.45) is 5.92 Å². The van der Waals surface area contributed by atoms with Crippen LogP contribution in [0, 0.1) is 5.92 Å². The Morgan fingerprint density at radius 2 is 2.08 bits per heavy atom. The molecule has 0 aromatic rings. The van der Waals surface area contributed by atoms with Gasteiger partial charge in [0.2, 0.25) is 0 Å². The van der Waals surface area contributed by atoms with Crippen LogP contribution in [0.1, 0.15) is 27.2 Å². The molecule has 0 rings (SSSR count). The van der Waals surface area contributed by atoms with E-state index >= 15 is 0 Å². The van der Waals surface area contributed by atoms with Crippen LogP contribution >= 0.6 is 0 Å². The average Bonchev–Trinajstić information content (AvgIpc) is 2.01. The molecule has 0 aromatic heterocycles. The van der Waals surface area contributed by atoms with E-state index in [4.69, 9.17) is 9.47 Å². The van der Waals surface area contributed by atoms with Crippen molar-refractivity contribution >= 4 is 12.4 Å². The summed E-state index contributed by atoms with van der Waals surface area (Å²) < 4.78 is 9.50. The van der Waals surface area contributed by atoms with Gasteiger partial charge < -0.3 is 9.47 Å². The van der Waals surface area contributed by atoms with E-state index in [1.807, 2.05) is 6.92 Å². The largest absolute Gasteiger partial charge is 0.466 e. The molecule has 0 aliphatic rings. The first-order valence-electron chi connectivity index (χ1n) is 4.28. The third-order valence-corrected chi connectivity index (χ3v) is 1.59. The van der Waals surface area contributed by atoms with Crippen molar-refractivity contribution < 1.29 is 19.1 Å². The summed E-state index contributed by atoms with van der Waals surface area (Å²) in [5.41, 5.74) is 0. The molecule has 0 aliphatic carbocycles. The zero-order valence-electron chi connectivity index (χ0n) is 8.28. The summed E-state index contributed by atoms with van der Waals surface area (Å²) in [6.07, 6.45) is 0.578. The van der Waals surface area contributed by atoms with Crippen molar-refractivity contribution in [1.82, 2.24) is 0 Å². The number of carbonyl (C=O) groups is 2. The van der Waals surface area contributed by atoms with Gasteiger partial charge in [-0.2, -0.15) is 0 Å². The highest BCUT2D eigenvalue weighted by Crippen LogP contribution is 2.08. The first-order valence-corrected chi connectivity index (χ1v) is 4.28. The Kier molecular flexibility index (Phi) is 5.93. The third kappa shape index (κ3) is 7.31. The second-order valence-electron chi connectivity index (χ2n) is 3.19. The van der Waals surface area contributed by atoms with E-state index in [9.17, 15) is 9.59 Å². The quantitative estimate of drug-likeness (QED) is 0.463. The maximum Gasteiger partial charge on any atom is 0.302 e. The van der Waals surface area contributed by atoms with Gasteiger partial charge in [-0.15, -0.1) is 0 Å². The number of esters is 1. The van der Waals surface area contributed by atoms with Gasteiger partial charge in [-0.1, -0.05) is 6.92 Å². The van der Waals surface area contributed by atoms with Crippen LogP contribution < -0.4 is 0 Å². The molecule has 0 fully saturated rings. The summed E-state index contributed by atoms with van der Waals surface area (Å²) in [5.74, 6) is -0.0744. The predicted octanol–water partition coefficient (Wildman–Crippen LogP) is 1.14. The minimum absolute atomic E-state index is 0.122. The van der Waals surface area contributed by atoms with E-state index in [0.29, 0.717) is 19.5 Å². The summed E-state index contributed by atoms with van der Waals surface area (Å²) in [7, 11) is 0. The lowest BCUT2D eigenvalue weighted by Gasteiger charge is -2.15. The van der Waals surface area contributed by atoms with Gasteiger partial charge in [0.1, 0.15) is 0 Å². The van der Waals surface area contributed by atoms with Gasteiger partial charge in [0, 0.05) is 6.92 Å². The van der Waals surface area contributed by atoms with Crippen molar-refractivity contribution in [3.8, 4) is 0 Å². The van der Waals surface area contributed by atoms with Crippen LogP contribution in [0.15, 0.2) is 0 Å². The van der Waals surface area contributed by atoms with Crippen LogP contribution in [-0.2, 0) is 19.1 Å². The SMILES string of the molecule is CC(=O)OCC(C)CC(C)OC=O. The summed E-state index contributed by atoms with van der Waals surface area (Å²) >= 11 is 0. The maximum absolute atomic E-state index is 10.5. The van der Waals surface area contributed by atoms with Crippen LogP contribution in [-0.4, -0.2) is 25.2 Å². The third-order valence-electron chi connectivity index (χ3n) is 1.59. The fraction of sp³-hybridized carbons (Fsp3) is 0.778. The van der Waals surface area contributed by atoms with Gasteiger partial charge in [0.25, 0.3) is 6.47 Å². The molecule has 0 N–H and O–H groups in total. The summed E-state index contributed by atoms with van der Waals surface area (Å²) in [5, 5.41) is 0. The van der Waals surface area contributed by atoms with Gasteiger partial charge in [0.15, 0.2) is 0 Å². The van der Waals surface area contributed by atoms with Crippen molar-refractivity contribution in [2.75, 3.05) is 6.61 Å². The molecule has 0 aliphatic heterocycles. The summed E-state index contributed by atoms with van der Waals surface area (Å²) in [6, 6.07) is 0. The maximum atomic E-state index is 10.5. The molecule has 4 heteroatoms. The molecular formula is C9H16O4. The van der Waals surface area contributed by atoms with Crippen LogP contribution in [0.2, 0.25) is 0 Å². The van der Waals surface area contributed by atoms with Gasteiger partial charge in [-0.25, -0.2) is 0 Å². The smallest absolute Gasteiger partial charge is 0.302 e. The lowest BCUT2D eigenvalue weighted by atomic mass is 10.1. The van der Waals surface area contributed by atoms with Gasteiger partial charge in [-0.3, -0.25) is 9.59 Å². The highest BCUT2D eigenvalue weighted by atomic mass is 16.5. The zero-order valence-corrected chi connectivity index (χ0v) is 8.28. The fourth-order valence-corrected chi connectivity index (χ4v) is 1.04. The zero-order chi connectivity index (χ0) is 10.3. The Morgan fingerprint density at radius 1 is 1.46 bits per heavy atom. The highest BCUT2D eigenvalue weighted by molar-refractivity contribution is 5.65. The van der Waals surface area contributed by atoms with E-state index in [-0.39, 0.29) is 18.0 Å². The standard InChI is InChI=1S/C9H16O4/c1-7(5-12-9(3)11)4-8(2)13-6-10/h6-8H,4-5H2,1-3H3. The molecule has 0 saturated carbocycles. The molecule has 76 valence electrons. The molecular weight excluding hydrogens is 172 g/mol. The van der Waals surface area contributed by atoms with Gasteiger partial charge in [0.05, 0.1) is 12.7 Å². The number of hydrogen-bond donors (Lipinski definition) is 0. The lowest BCUT2D eigenvalue weighted by Crippen LogP contribution is -2.16. The Balaban J connectivity index is 3.54. The Labute approximate surface area is 78.2 Å². The van der Waals surface area contributed by atoms with Crippen molar-refractivity contribution in [3.05, 3.63) is 0 Å². The molecule has 13 heavy (non-hydrogen) atoms. The monoisotopic (exact) mass is 188 g/mol. The Hall–Kier alpha value is -1.06. The van der Waals surface area contributed by atoms with E-state index in [2.05, 4.69) is 0 Å². The second kappa shape index (κ2) is 6.46. The molecule has 0 aromatic carbocycles. The van der Waals surface area contributed by atoms with Crippen LogP contribution in [0.4, 0.5) is 0 Å². The van der Waals surface area contributed by atoms with Crippen LogP contribution in [0.3, 0.4) is 0 Å². The fourth-order valence-electron chi connectivity index (χ4n) is 1.04. The molecule has 2 unspecified atom stereocenters. The molecule has 0 spiro atoms. The Morgan fingerprint density at radius 3 is 2.54 bits per heavy atom. The lowest BCUT2D eigenvalue weighted by molar-refractivity contribution is -0.143. The normalized spacial score (nSPS) is 14.4. The Bertz CT molecular complexity index is 167. The molecule has 0 radical (unpaired) electrons. The number of hydrogen-bond acceptors (Lipinski definition) is 4. The first-order chi connectivity index (χ1) is 6.06. The average molecular weight is 188 g/mol. The van der Waals surface area contributed by atoms with E-state index in [1.165, 1.54) is 6.92 Å². The minimum atomic E-state index is -0.282. The molecule has 0 saturated heterocycles. The summed E-state index contributed by atoms with van der Waals surface area (Å²) in [6.45, 7) is 5.93. The highest BCUT2D eigenvalue weighted by Gasteiger charge is 2.10. The molecule has 2 atom stereocenters. The number of ether oxygens (including phenoxy) is 2. The first kappa shape index (κ1) is 11.9. The van der Waals surface area contributed by atoms with Crippen LogP contribution in [0.5, 0.6) is 0 Å². The van der Waals surface area contributed by atoms with Gasteiger partial charge >= 0.3 is 5.97 Å². The van der Waals surface area contributed by atoms with Crippen molar-refractivity contribution in [3.63, 3.8) is 0 Å². The number of rotatable bonds is 6. The van der Waals surface area contributed by atoms with Gasteiger partial charge in [-0.05, 0) is 19.3 Å². The predicted molar refractivity (Wildman–Crippen MR) is 47.0 cm³/mol. The van der Waals surface area contributed by atoms with Crippen molar-refractivity contribution in [1.29, 1.82) is 0 Å². The second-order valence-corrected chi connectivity index (χ2v) is 3.19. The molecule has 4 nitrogen and oxygen atoms in total. The molecule has 0 heterocycles.